The van der Waals surface area contributed by atoms with Crippen molar-refractivity contribution in [3.8, 4) is 0 Å². The number of carbonyl (C=O) groups excluding carboxylic acids is 2. The molecule has 2 amide bonds. The van der Waals surface area contributed by atoms with Gasteiger partial charge in [-0.15, -0.1) is 0 Å². The van der Waals surface area contributed by atoms with E-state index in [1.54, 1.807) is 0 Å². The van der Waals surface area contributed by atoms with E-state index in [2.05, 4.69) is 21.2 Å². The molecule has 1 heterocycles. The average molecular weight is 414 g/mol. The monoisotopic (exact) mass is 412 g/mol. The van der Waals surface area contributed by atoms with E-state index in [1.165, 1.54) is 6.07 Å². The van der Waals surface area contributed by atoms with E-state index in [4.69, 9.17) is 16.7 Å². The highest BCUT2D eigenvalue weighted by molar-refractivity contribution is 9.10. The number of benzene rings is 1. The average Bonchev–Trinajstić information content (AvgIpc) is 2.68. The van der Waals surface area contributed by atoms with E-state index in [9.17, 15) is 22.8 Å². The SMILES string of the molecule is O=C1C=C(Nc2c(Br)cc(Cl)cc2C(F)(F)F)C(=O)N1CCO. The van der Waals surface area contributed by atoms with Crippen LogP contribution in [-0.4, -0.2) is 35.0 Å². The Labute approximate surface area is 141 Å². The Kier molecular flexibility index (Phi) is 5.02. The molecule has 0 bridgehead atoms. The van der Waals surface area contributed by atoms with Crippen LogP contribution in [0.15, 0.2) is 28.4 Å². The van der Waals surface area contributed by atoms with Gasteiger partial charge in [-0.1, -0.05) is 11.6 Å². The number of carbonyl (C=O) groups is 2. The zero-order valence-electron chi connectivity index (χ0n) is 11.2. The summed E-state index contributed by atoms with van der Waals surface area (Å²) in [5.74, 6) is -1.54. The minimum absolute atomic E-state index is 0.0147. The lowest BCUT2D eigenvalue weighted by molar-refractivity contribution is -0.138. The number of nitrogens with zero attached hydrogens (tertiary/aromatic N) is 1. The maximum absolute atomic E-state index is 13.1. The van der Waals surface area contributed by atoms with Crippen LogP contribution in [-0.2, 0) is 15.8 Å². The fourth-order valence-corrected chi connectivity index (χ4v) is 2.88. The summed E-state index contributed by atoms with van der Waals surface area (Å²) in [6.45, 7) is -0.690. The molecule has 1 aliphatic rings. The number of alkyl halides is 3. The van der Waals surface area contributed by atoms with Crippen molar-refractivity contribution < 1.29 is 27.9 Å². The summed E-state index contributed by atoms with van der Waals surface area (Å²) in [5.41, 5.74) is -1.84. The normalized spacial score (nSPS) is 15.2. The van der Waals surface area contributed by atoms with Crippen molar-refractivity contribution in [1.82, 2.24) is 4.90 Å². The first kappa shape index (κ1) is 17.8. The number of amides is 2. The lowest BCUT2D eigenvalue weighted by Gasteiger charge is -2.18. The Morgan fingerprint density at radius 3 is 2.52 bits per heavy atom. The van der Waals surface area contributed by atoms with Crippen LogP contribution in [0.25, 0.3) is 0 Å². The lowest BCUT2D eigenvalue weighted by atomic mass is 10.1. The van der Waals surface area contributed by atoms with Gasteiger partial charge in [-0.05, 0) is 28.1 Å². The number of hydrogen-bond acceptors (Lipinski definition) is 4. The first-order chi connectivity index (χ1) is 10.6. The summed E-state index contributed by atoms with van der Waals surface area (Å²) in [6, 6.07) is 1.94. The van der Waals surface area contributed by atoms with Crippen LogP contribution in [0.5, 0.6) is 0 Å². The molecule has 1 aromatic rings. The molecule has 1 aliphatic heterocycles. The molecule has 2 N–H and O–H groups in total. The van der Waals surface area contributed by atoms with Crippen LogP contribution in [0.3, 0.4) is 0 Å². The minimum atomic E-state index is -4.72. The number of hydrogen-bond donors (Lipinski definition) is 2. The number of halogens is 5. The van der Waals surface area contributed by atoms with Crippen LogP contribution in [0, 0.1) is 0 Å². The molecule has 0 unspecified atom stereocenters. The van der Waals surface area contributed by atoms with E-state index in [1.807, 2.05) is 0 Å². The second-order valence-corrected chi connectivity index (χ2v) is 5.80. The molecule has 10 heteroatoms. The first-order valence-corrected chi connectivity index (χ1v) is 7.34. The Morgan fingerprint density at radius 1 is 1.30 bits per heavy atom. The molecular formula is C13H9BrClF3N2O3. The van der Waals surface area contributed by atoms with Crippen molar-refractivity contribution >= 4 is 45.0 Å². The number of aliphatic hydroxyl groups is 1. The highest BCUT2D eigenvalue weighted by Crippen LogP contribution is 2.41. The predicted octanol–water partition coefficient (Wildman–Crippen LogP) is 2.78. The van der Waals surface area contributed by atoms with Crippen molar-refractivity contribution in [3.63, 3.8) is 0 Å². The minimum Gasteiger partial charge on any atom is -0.395 e. The Balaban J connectivity index is 2.40. The largest absolute Gasteiger partial charge is 0.418 e. The number of rotatable bonds is 4. The van der Waals surface area contributed by atoms with Gasteiger partial charge in [0.15, 0.2) is 0 Å². The topological polar surface area (TPSA) is 69.6 Å². The van der Waals surface area contributed by atoms with E-state index in [-0.39, 0.29) is 21.7 Å². The summed E-state index contributed by atoms with van der Waals surface area (Å²) in [5, 5.41) is 11.0. The number of anilines is 1. The van der Waals surface area contributed by atoms with Crippen LogP contribution in [0.2, 0.25) is 5.02 Å². The third-order valence-electron chi connectivity index (χ3n) is 2.95. The predicted molar refractivity (Wildman–Crippen MR) is 79.7 cm³/mol. The van der Waals surface area contributed by atoms with Gasteiger partial charge in [0.25, 0.3) is 11.8 Å². The van der Waals surface area contributed by atoms with Gasteiger partial charge in [0, 0.05) is 15.6 Å². The molecule has 23 heavy (non-hydrogen) atoms. The fourth-order valence-electron chi connectivity index (χ4n) is 1.97. The molecule has 1 aromatic carbocycles. The number of nitrogens with one attached hydrogen (secondary N) is 1. The quantitative estimate of drug-likeness (QED) is 0.745. The van der Waals surface area contributed by atoms with Gasteiger partial charge in [-0.25, -0.2) is 0 Å². The van der Waals surface area contributed by atoms with Crippen molar-refractivity contribution in [2.24, 2.45) is 0 Å². The lowest BCUT2D eigenvalue weighted by Crippen LogP contribution is -2.34. The summed E-state index contributed by atoms with van der Waals surface area (Å²) in [6.07, 6.45) is -3.84. The number of β-amino-alcohol motifs (C(OH)–C–C–N with tert-alkyl or cyclic N) is 1. The summed E-state index contributed by atoms with van der Waals surface area (Å²) in [4.78, 5) is 24.3. The van der Waals surface area contributed by atoms with Gasteiger partial charge in [-0.2, -0.15) is 13.2 Å². The van der Waals surface area contributed by atoms with Gasteiger partial charge in [0.2, 0.25) is 0 Å². The maximum atomic E-state index is 13.1. The van der Waals surface area contributed by atoms with Crippen molar-refractivity contribution in [2.45, 2.75) is 6.18 Å². The van der Waals surface area contributed by atoms with Crippen molar-refractivity contribution in [3.05, 3.63) is 39.0 Å². The molecule has 5 nitrogen and oxygen atoms in total. The van der Waals surface area contributed by atoms with Gasteiger partial charge in [0.05, 0.1) is 24.4 Å². The third kappa shape index (κ3) is 3.67. The van der Waals surface area contributed by atoms with Crippen LogP contribution in [0.4, 0.5) is 18.9 Å². The molecule has 0 spiro atoms. The van der Waals surface area contributed by atoms with Gasteiger partial charge < -0.3 is 10.4 Å². The number of imide groups is 1. The molecule has 0 atom stereocenters. The van der Waals surface area contributed by atoms with E-state index in [0.29, 0.717) is 6.07 Å². The highest BCUT2D eigenvalue weighted by atomic mass is 79.9. The molecule has 0 radical (unpaired) electrons. The summed E-state index contributed by atoms with van der Waals surface area (Å²) < 4.78 is 39.3. The Morgan fingerprint density at radius 2 is 1.96 bits per heavy atom. The van der Waals surface area contributed by atoms with Gasteiger partial charge >= 0.3 is 6.18 Å². The third-order valence-corrected chi connectivity index (χ3v) is 3.80. The molecule has 0 saturated carbocycles. The summed E-state index contributed by atoms with van der Waals surface area (Å²) in [7, 11) is 0. The van der Waals surface area contributed by atoms with E-state index >= 15 is 0 Å². The maximum Gasteiger partial charge on any atom is 0.418 e. The van der Waals surface area contributed by atoms with Crippen LogP contribution >= 0.6 is 27.5 Å². The Hall–Kier alpha value is -1.58. The molecule has 0 fully saturated rings. The number of aliphatic hydroxyl groups excluding tert-OH is 1. The molecular weight excluding hydrogens is 405 g/mol. The van der Waals surface area contributed by atoms with Gasteiger partial charge in [0.1, 0.15) is 5.70 Å². The Bertz CT molecular complexity index is 706. The fraction of sp³-hybridized carbons (Fsp3) is 0.231. The molecule has 0 saturated heterocycles. The van der Waals surface area contributed by atoms with Crippen LogP contribution < -0.4 is 5.32 Å². The second-order valence-electron chi connectivity index (χ2n) is 4.51. The highest BCUT2D eigenvalue weighted by Gasteiger charge is 2.37. The van der Waals surface area contributed by atoms with E-state index in [0.717, 1.165) is 11.0 Å². The van der Waals surface area contributed by atoms with E-state index < -0.39 is 35.8 Å². The standard InChI is InChI=1S/C13H9BrClF3N2O3/c14-8-4-6(15)3-7(13(16,17)18)11(8)19-9-5-10(22)20(1-2-21)12(9)23/h3-5,19,21H,1-2H2. The second kappa shape index (κ2) is 6.50. The smallest absolute Gasteiger partial charge is 0.395 e. The van der Waals surface area contributed by atoms with Crippen molar-refractivity contribution in [1.29, 1.82) is 0 Å². The zero-order chi connectivity index (χ0) is 17.4. The molecule has 0 aromatic heterocycles. The molecule has 2 rings (SSSR count). The summed E-state index contributed by atoms with van der Waals surface area (Å²) >= 11 is 8.59. The first-order valence-electron chi connectivity index (χ1n) is 6.16. The molecule has 0 aliphatic carbocycles. The zero-order valence-corrected chi connectivity index (χ0v) is 13.6. The van der Waals surface area contributed by atoms with Crippen molar-refractivity contribution in [2.75, 3.05) is 18.5 Å². The van der Waals surface area contributed by atoms with Gasteiger partial charge in [-0.3, -0.25) is 14.5 Å². The van der Waals surface area contributed by atoms with Crippen LogP contribution in [0.1, 0.15) is 5.56 Å². The molecule has 124 valence electrons.